The molecule has 2 aliphatic rings. The van der Waals surface area contributed by atoms with Gasteiger partial charge in [0.1, 0.15) is 0 Å². The zero-order valence-corrected chi connectivity index (χ0v) is 8.20. The second-order valence-corrected chi connectivity index (χ2v) is 4.44. The van der Waals surface area contributed by atoms with Gasteiger partial charge in [-0.1, -0.05) is 0 Å². The number of rotatable bonds is 0. The lowest BCUT2D eigenvalue weighted by molar-refractivity contribution is -0.138. The van der Waals surface area contributed by atoms with Crippen molar-refractivity contribution in [2.24, 2.45) is 11.7 Å². The van der Waals surface area contributed by atoms with Gasteiger partial charge < -0.3 is 10.6 Å². The average Bonchev–Trinajstić information content (AvgIpc) is 2.12. The van der Waals surface area contributed by atoms with Gasteiger partial charge in [0.15, 0.2) is 0 Å². The fourth-order valence-electron chi connectivity index (χ4n) is 2.72. The van der Waals surface area contributed by atoms with Crippen LogP contribution in [0.1, 0.15) is 32.1 Å². The molecule has 1 aliphatic heterocycles. The fourth-order valence-corrected chi connectivity index (χ4v) is 2.72. The predicted molar refractivity (Wildman–Crippen MR) is 51.1 cm³/mol. The number of piperidine rings is 1. The van der Waals surface area contributed by atoms with E-state index in [2.05, 4.69) is 0 Å². The van der Waals surface area contributed by atoms with Crippen molar-refractivity contribution in [2.75, 3.05) is 7.05 Å². The van der Waals surface area contributed by atoms with E-state index in [0.717, 1.165) is 31.6 Å². The van der Waals surface area contributed by atoms with Gasteiger partial charge in [0.25, 0.3) is 0 Å². The third kappa shape index (κ3) is 1.57. The first-order chi connectivity index (χ1) is 6.18. The molecule has 2 fully saturated rings. The number of hydrogen-bond donors (Lipinski definition) is 1. The summed E-state index contributed by atoms with van der Waals surface area (Å²) >= 11 is 0. The van der Waals surface area contributed by atoms with Gasteiger partial charge in [-0.2, -0.15) is 0 Å². The van der Waals surface area contributed by atoms with Crippen LogP contribution in [0.5, 0.6) is 0 Å². The molecule has 2 rings (SSSR count). The third-order valence-electron chi connectivity index (χ3n) is 3.62. The highest BCUT2D eigenvalue weighted by Gasteiger charge is 2.36. The summed E-state index contributed by atoms with van der Waals surface area (Å²) in [5.41, 5.74) is 5.91. The standard InChI is InChI=1S/C10H18N2O/c1-12-9-6-8(11)4-2-7(9)3-5-10(12)13/h7-9H,2-6,11H2,1H3. The molecule has 0 aromatic heterocycles. The van der Waals surface area contributed by atoms with Crippen LogP contribution in [0.25, 0.3) is 0 Å². The van der Waals surface area contributed by atoms with Crippen LogP contribution in [0.4, 0.5) is 0 Å². The molecule has 0 bridgehead atoms. The molecule has 0 spiro atoms. The van der Waals surface area contributed by atoms with Crippen LogP contribution in [0.3, 0.4) is 0 Å². The first-order valence-electron chi connectivity index (χ1n) is 5.19. The topological polar surface area (TPSA) is 46.3 Å². The number of amides is 1. The maximum atomic E-state index is 11.4. The summed E-state index contributed by atoms with van der Waals surface area (Å²) in [7, 11) is 1.93. The Balaban J connectivity index is 2.08. The van der Waals surface area contributed by atoms with Crippen LogP contribution in [-0.2, 0) is 4.79 Å². The number of nitrogens with two attached hydrogens (primary N) is 1. The van der Waals surface area contributed by atoms with Gasteiger partial charge >= 0.3 is 0 Å². The van der Waals surface area contributed by atoms with E-state index in [1.54, 1.807) is 0 Å². The minimum Gasteiger partial charge on any atom is -0.342 e. The number of nitrogens with zero attached hydrogens (tertiary/aromatic N) is 1. The van der Waals surface area contributed by atoms with Gasteiger partial charge in [-0.25, -0.2) is 0 Å². The molecule has 13 heavy (non-hydrogen) atoms. The minimum atomic E-state index is 0.301. The summed E-state index contributed by atoms with van der Waals surface area (Å²) in [5, 5.41) is 0. The second kappa shape index (κ2) is 3.29. The Labute approximate surface area is 79.3 Å². The molecule has 0 aromatic carbocycles. The van der Waals surface area contributed by atoms with Crippen molar-refractivity contribution in [1.29, 1.82) is 0 Å². The lowest BCUT2D eigenvalue weighted by Gasteiger charge is -2.43. The Morgan fingerprint density at radius 1 is 1.38 bits per heavy atom. The highest BCUT2D eigenvalue weighted by atomic mass is 16.2. The molecule has 0 radical (unpaired) electrons. The molecule has 1 aliphatic carbocycles. The molecule has 3 heteroatoms. The van der Waals surface area contributed by atoms with Crippen LogP contribution in [0.2, 0.25) is 0 Å². The van der Waals surface area contributed by atoms with Crippen LogP contribution >= 0.6 is 0 Å². The van der Waals surface area contributed by atoms with Gasteiger partial charge in [0.2, 0.25) is 5.91 Å². The smallest absolute Gasteiger partial charge is 0.222 e. The van der Waals surface area contributed by atoms with Crippen molar-refractivity contribution in [1.82, 2.24) is 4.90 Å². The highest BCUT2D eigenvalue weighted by molar-refractivity contribution is 5.77. The summed E-state index contributed by atoms with van der Waals surface area (Å²) in [4.78, 5) is 13.4. The Morgan fingerprint density at radius 2 is 2.15 bits per heavy atom. The number of carbonyl (C=O) groups is 1. The normalized spacial score (nSPS) is 40.3. The second-order valence-electron chi connectivity index (χ2n) is 4.44. The van der Waals surface area contributed by atoms with E-state index in [1.807, 2.05) is 11.9 Å². The van der Waals surface area contributed by atoms with E-state index in [1.165, 1.54) is 6.42 Å². The van der Waals surface area contributed by atoms with E-state index in [4.69, 9.17) is 5.73 Å². The number of hydrogen-bond acceptors (Lipinski definition) is 2. The zero-order valence-electron chi connectivity index (χ0n) is 8.20. The van der Waals surface area contributed by atoms with Gasteiger partial charge in [-0.05, 0) is 31.6 Å². The lowest BCUT2D eigenvalue weighted by atomic mass is 9.76. The summed E-state index contributed by atoms with van der Waals surface area (Å²) in [5.74, 6) is 1.03. The van der Waals surface area contributed by atoms with Crippen LogP contribution in [0.15, 0.2) is 0 Å². The quantitative estimate of drug-likeness (QED) is 0.600. The van der Waals surface area contributed by atoms with Crippen molar-refractivity contribution in [3.63, 3.8) is 0 Å². The van der Waals surface area contributed by atoms with E-state index < -0.39 is 0 Å². The lowest BCUT2D eigenvalue weighted by Crippen LogP contribution is -2.51. The SMILES string of the molecule is CN1C(=O)CCC2CCC(N)CC21. The average molecular weight is 182 g/mol. The summed E-state index contributed by atoms with van der Waals surface area (Å²) in [6.45, 7) is 0. The maximum Gasteiger partial charge on any atom is 0.222 e. The van der Waals surface area contributed by atoms with Crippen molar-refractivity contribution >= 4 is 5.91 Å². The zero-order chi connectivity index (χ0) is 9.42. The molecule has 1 amide bonds. The summed E-state index contributed by atoms with van der Waals surface area (Å²) in [6.07, 6.45) is 5.19. The Kier molecular flexibility index (Phi) is 2.28. The Bertz CT molecular complexity index is 217. The monoisotopic (exact) mass is 182 g/mol. The molecule has 3 unspecified atom stereocenters. The minimum absolute atomic E-state index is 0.301. The third-order valence-corrected chi connectivity index (χ3v) is 3.62. The Morgan fingerprint density at radius 3 is 2.92 bits per heavy atom. The summed E-state index contributed by atoms with van der Waals surface area (Å²) < 4.78 is 0. The fraction of sp³-hybridized carbons (Fsp3) is 0.900. The van der Waals surface area contributed by atoms with Gasteiger partial charge in [0.05, 0.1) is 0 Å². The van der Waals surface area contributed by atoms with E-state index in [-0.39, 0.29) is 0 Å². The highest BCUT2D eigenvalue weighted by Crippen LogP contribution is 2.34. The first-order valence-corrected chi connectivity index (χ1v) is 5.19. The van der Waals surface area contributed by atoms with E-state index in [9.17, 15) is 4.79 Å². The van der Waals surface area contributed by atoms with Gasteiger partial charge in [-0.3, -0.25) is 4.79 Å². The van der Waals surface area contributed by atoms with Crippen molar-refractivity contribution < 1.29 is 4.79 Å². The van der Waals surface area contributed by atoms with Crippen LogP contribution in [0, 0.1) is 5.92 Å². The maximum absolute atomic E-state index is 11.4. The summed E-state index contributed by atoms with van der Waals surface area (Å²) in [6, 6.07) is 0.750. The van der Waals surface area contributed by atoms with Gasteiger partial charge in [-0.15, -0.1) is 0 Å². The molecule has 74 valence electrons. The molecule has 3 atom stereocenters. The van der Waals surface area contributed by atoms with Crippen molar-refractivity contribution in [3.05, 3.63) is 0 Å². The first kappa shape index (κ1) is 9.00. The van der Waals surface area contributed by atoms with E-state index in [0.29, 0.717) is 18.0 Å². The molecular weight excluding hydrogens is 164 g/mol. The Hall–Kier alpha value is -0.570. The van der Waals surface area contributed by atoms with Crippen LogP contribution in [-0.4, -0.2) is 29.9 Å². The van der Waals surface area contributed by atoms with Crippen molar-refractivity contribution in [3.8, 4) is 0 Å². The number of fused-ring (bicyclic) bond motifs is 1. The molecule has 2 N–H and O–H groups in total. The number of likely N-dealkylation sites (tertiary alicyclic amines) is 1. The predicted octanol–water partition coefficient (Wildman–Crippen LogP) is 0.735. The van der Waals surface area contributed by atoms with E-state index >= 15 is 0 Å². The largest absolute Gasteiger partial charge is 0.342 e. The van der Waals surface area contributed by atoms with Crippen LogP contribution < -0.4 is 5.73 Å². The van der Waals surface area contributed by atoms with Crippen molar-refractivity contribution in [2.45, 2.75) is 44.2 Å². The molecule has 0 aromatic rings. The molecule has 1 saturated carbocycles. The molecular formula is C10H18N2O. The molecule has 1 heterocycles. The number of carbonyl (C=O) groups excluding carboxylic acids is 1. The molecule has 1 saturated heterocycles. The van der Waals surface area contributed by atoms with Gasteiger partial charge in [0, 0.05) is 25.6 Å². The molecule has 3 nitrogen and oxygen atoms in total.